The number of carbonyl (C=O) groups is 2. The minimum Gasteiger partial charge on any atom is -0.460 e. The van der Waals surface area contributed by atoms with Gasteiger partial charge in [-0.2, -0.15) is 0 Å². The van der Waals surface area contributed by atoms with Crippen molar-refractivity contribution in [3.63, 3.8) is 0 Å². The zero-order valence-electron chi connectivity index (χ0n) is 18.5. The van der Waals surface area contributed by atoms with Gasteiger partial charge in [-0.05, 0) is 46.7 Å². The van der Waals surface area contributed by atoms with Gasteiger partial charge in [-0.1, -0.05) is 80.6 Å². The van der Waals surface area contributed by atoms with E-state index in [0.717, 1.165) is 16.7 Å². The normalized spacial score (nSPS) is 11.8. The lowest BCUT2D eigenvalue weighted by molar-refractivity contribution is -0.146. The molecule has 0 saturated heterocycles. The number of carbonyl (C=O) groups excluding carboxylic acids is 2. The molecule has 2 N–H and O–H groups in total. The molecule has 3 aromatic rings. The molecule has 3 aromatic carbocycles. The number of benzene rings is 3. The second kappa shape index (κ2) is 11.3. The molecule has 0 radical (unpaired) electrons. The van der Waals surface area contributed by atoms with E-state index in [1.165, 1.54) is 0 Å². The van der Waals surface area contributed by atoms with Gasteiger partial charge in [-0.3, -0.25) is 4.79 Å². The van der Waals surface area contributed by atoms with Gasteiger partial charge in [-0.25, -0.2) is 4.79 Å². The molecular weight excluding hydrogens is 402 g/mol. The summed E-state index contributed by atoms with van der Waals surface area (Å²) in [5, 5.41) is 0. The summed E-state index contributed by atoms with van der Waals surface area (Å²) in [7, 11) is 0. The molecule has 0 fully saturated rings. The monoisotopic (exact) mass is 431 g/mol. The van der Waals surface area contributed by atoms with Crippen molar-refractivity contribution >= 4 is 11.9 Å². The van der Waals surface area contributed by atoms with E-state index in [4.69, 9.17) is 15.2 Å². The highest BCUT2D eigenvalue weighted by Crippen LogP contribution is 2.20. The zero-order valence-corrected chi connectivity index (χ0v) is 18.5. The predicted octanol–water partition coefficient (Wildman–Crippen LogP) is 5.13. The van der Waals surface area contributed by atoms with E-state index in [9.17, 15) is 9.59 Å². The number of hydrogen-bond donors (Lipinski definition) is 1. The van der Waals surface area contributed by atoms with E-state index in [1.807, 2.05) is 56.3 Å². The molecule has 0 aromatic heterocycles. The Morgan fingerprint density at radius 1 is 0.781 bits per heavy atom. The molecule has 0 spiro atoms. The van der Waals surface area contributed by atoms with Gasteiger partial charge in [0.1, 0.15) is 19.3 Å². The molecule has 0 aliphatic heterocycles. The molecule has 1 atom stereocenters. The van der Waals surface area contributed by atoms with Crippen molar-refractivity contribution in [3.8, 4) is 11.1 Å². The Kier molecular flexibility index (Phi) is 8.17. The number of ether oxygens (including phenoxy) is 2. The first kappa shape index (κ1) is 23.2. The van der Waals surface area contributed by atoms with Crippen LogP contribution in [0.3, 0.4) is 0 Å². The topological polar surface area (TPSA) is 78.6 Å². The van der Waals surface area contributed by atoms with Crippen LogP contribution in [0.15, 0.2) is 78.9 Å². The standard InChI is InChI=1S/C27H29NO4/c1-19(2)15-25(28)27(30)32-18-21-7-6-10-24(16-21)26(29)31-17-20-11-13-23(14-12-20)22-8-4-3-5-9-22/h3-14,16,19,25H,15,17-18,28H2,1-2H3/t25-/m0/s1. The number of hydrogen-bond acceptors (Lipinski definition) is 5. The van der Waals surface area contributed by atoms with Crippen molar-refractivity contribution in [1.82, 2.24) is 0 Å². The molecule has 5 nitrogen and oxygen atoms in total. The zero-order chi connectivity index (χ0) is 22.9. The Balaban J connectivity index is 1.53. The third-order valence-electron chi connectivity index (χ3n) is 5.00. The molecule has 5 heteroatoms. The lowest BCUT2D eigenvalue weighted by atomic mass is 10.0. The molecule has 0 heterocycles. The third-order valence-corrected chi connectivity index (χ3v) is 5.00. The maximum absolute atomic E-state index is 12.5. The van der Waals surface area contributed by atoms with E-state index in [-0.39, 0.29) is 13.2 Å². The summed E-state index contributed by atoms with van der Waals surface area (Å²) in [6.45, 7) is 4.24. The average molecular weight is 432 g/mol. The Morgan fingerprint density at radius 2 is 1.44 bits per heavy atom. The van der Waals surface area contributed by atoms with Crippen LogP contribution in [-0.4, -0.2) is 18.0 Å². The van der Waals surface area contributed by atoms with E-state index in [2.05, 4.69) is 12.1 Å². The molecule has 166 valence electrons. The van der Waals surface area contributed by atoms with Crippen molar-refractivity contribution in [3.05, 3.63) is 95.6 Å². The number of esters is 2. The Labute approximate surface area is 189 Å². The van der Waals surface area contributed by atoms with Crippen molar-refractivity contribution in [2.24, 2.45) is 11.7 Å². The average Bonchev–Trinajstić information content (AvgIpc) is 2.81. The molecule has 0 aliphatic carbocycles. The van der Waals surface area contributed by atoms with Crippen molar-refractivity contribution in [2.75, 3.05) is 0 Å². The van der Waals surface area contributed by atoms with Gasteiger partial charge >= 0.3 is 11.9 Å². The summed E-state index contributed by atoms with van der Waals surface area (Å²) in [6, 6.07) is 24.2. The van der Waals surface area contributed by atoms with E-state index < -0.39 is 18.0 Å². The van der Waals surface area contributed by atoms with E-state index in [1.54, 1.807) is 24.3 Å². The maximum Gasteiger partial charge on any atom is 0.338 e. The van der Waals surface area contributed by atoms with Gasteiger partial charge in [0.05, 0.1) is 5.56 Å². The molecule has 32 heavy (non-hydrogen) atoms. The van der Waals surface area contributed by atoms with Gasteiger partial charge in [0, 0.05) is 0 Å². The minimum absolute atomic E-state index is 0.0622. The van der Waals surface area contributed by atoms with E-state index >= 15 is 0 Å². The van der Waals surface area contributed by atoms with Gasteiger partial charge in [0.2, 0.25) is 0 Å². The van der Waals surface area contributed by atoms with Crippen LogP contribution in [0.4, 0.5) is 0 Å². The van der Waals surface area contributed by atoms with Crippen LogP contribution in [0.2, 0.25) is 0 Å². The molecular formula is C27H29NO4. The molecule has 0 saturated carbocycles. The summed E-state index contributed by atoms with van der Waals surface area (Å²) >= 11 is 0. The second-order valence-corrected chi connectivity index (χ2v) is 8.18. The molecule has 3 rings (SSSR count). The van der Waals surface area contributed by atoms with E-state index in [0.29, 0.717) is 23.5 Å². The largest absolute Gasteiger partial charge is 0.460 e. The lowest BCUT2D eigenvalue weighted by Gasteiger charge is -2.13. The number of nitrogens with two attached hydrogens (primary N) is 1. The molecule has 0 amide bonds. The summed E-state index contributed by atoms with van der Waals surface area (Å²) in [6.07, 6.45) is 0.567. The molecule has 0 bridgehead atoms. The fraction of sp³-hybridized carbons (Fsp3) is 0.259. The summed E-state index contributed by atoms with van der Waals surface area (Å²) in [5.41, 5.74) is 10.1. The molecule has 0 unspecified atom stereocenters. The minimum atomic E-state index is -0.642. The maximum atomic E-state index is 12.5. The Hall–Kier alpha value is -3.44. The van der Waals surface area contributed by atoms with Gasteiger partial charge in [-0.15, -0.1) is 0 Å². The molecule has 0 aliphatic rings. The van der Waals surface area contributed by atoms with Crippen LogP contribution in [0.1, 0.15) is 41.8 Å². The van der Waals surface area contributed by atoms with Crippen molar-refractivity contribution < 1.29 is 19.1 Å². The quantitative estimate of drug-likeness (QED) is 0.475. The highest BCUT2D eigenvalue weighted by molar-refractivity contribution is 5.89. The van der Waals surface area contributed by atoms with Gasteiger partial charge in [0.25, 0.3) is 0 Å². The van der Waals surface area contributed by atoms with Crippen LogP contribution in [0.25, 0.3) is 11.1 Å². The van der Waals surface area contributed by atoms with Crippen LogP contribution in [0, 0.1) is 5.92 Å². The van der Waals surface area contributed by atoms with Crippen LogP contribution < -0.4 is 5.73 Å². The smallest absolute Gasteiger partial charge is 0.338 e. The van der Waals surface area contributed by atoms with Crippen LogP contribution in [-0.2, 0) is 27.5 Å². The first-order chi connectivity index (χ1) is 15.4. The Morgan fingerprint density at radius 3 is 2.12 bits per heavy atom. The third kappa shape index (κ3) is 6.79. The van der Waals surface area contributed by atoms with Crippen molar-refractivity contribution in [2.45, 2.75) is 39.5 Å². The van der Waals surface area contributed by atoms with Crippen LogP contribution >= 0.6 is 0 Å². The van der Waals surface area contributed by atoms with Crippen LogP contribution in [0.5, 0.6) is 0 Å². The first-order valence-electron chi connectivity index (χ1n) is 10.7. The summed E-state index contributed by atoms with van der Waals surface area (Å²) < 4.78 is 10.7. The fourth-order valence-corrected chi connectivity index (χ4v) is 3.31. The summed E-state index contributed by atoms with van der Waals surface area (Å²) in [4.78, 5) is 24.5. The highest BCUT2D eigenvalue weighted by atomic mass is 16.5. The fourth-order valence-electron chi connectivity index (χ4n) is 3.31. The highest BCUT2D eigenvalue weighted by Gasteiger charge is 2.17. The van der Waals surface area contributed by atoms with Gasteiger partial charge in [0.15, 0.2) is 0 Å². The lowest BCUT2D eigenvalue weighted by Crippen LogP contribution is -2.33. The van der Waals surface area contributed by atoms with Gasteiger partial charge < -0.3 is 15.2 Å². The summed E-state index contributed by atoms with van der Waals surface area (Å²) in [5.74, 6) is -0.558. The second-order valence-electron chi connectivity index (χ2n) is 8.18. The SMILES string of the molecule is CC(C)C[C@H](N)C(=O)OCc1cccc(C(=O)OCc2ccc(-c3ccccc3)cc2)c1. The predicted molar refractivity (Wildman–Crippen MR) is 125 cm³/mol. The first-order valence-corrected chi connectivity index (χ1v) is 10.7. The number of rotatable bonds is 9. The Bertz CT molecular complexity index is 1030. The van der Waals surface area contributed by atoms with Crippen molar-refractivity contribution in [1.29, 1.82) is 0 Å².